The van der Waals surface area contributed by atoms with Crippen LogP contribution in [0.25, 0.3) is 10.8 Å². The van der Waals surface area contributed by atoms with Gasteiger partial charge in [-0.05, 0) is 41.5 Å². The number of Topliss-reactive ketones (excluding diaryl/α,β-unsaturated/α-hetero) is 1. The minimum atomic E-state index is -0.557. The van der Waals surface area contributed by atoms with Gasteiger partial charge in [-0.15, -0.1) is 0 Å². The molecule has 0 aromatic heterocycles. The number of amides is 1. The summed E-state index contributed by atoms with van der Waals surface area (Å²) in [4.78, 5) is 28.2. The number of nitrogens with one attached hydrogen (secondary N) is 1. The van der Waals surface area contributed by atoms with Crippen molar-refractivity contribution in [1.29, 1.82) is 0 Å². The molecule has 1 heterocycles. The molecule has 0 saturated carbocycles. The Morgan fingerprint density at radius 1 is 0.909 bits per heavy atom. The van der Waals surface area contributed by atoms with E-state index in [1.165, 1.54) is 11.1 Å². The van der Waals surface area contributed by atoms with Gasteiger partial charge in [0.1, 0.15) is 12.4 Å². The summed E-state index contributed by atoms with van der Waals surface area (Å²) in [6.07, 6.45) is 1.51. The minimum Gasteiger partial charge on any atom is -0.492 e. The number of ether oxygens (including phenoxy) is 2. The largest absolute Gasteiger partial charge is 0.492 e. The average Bonchev–Trinajstić information content (AvgIpc) is 3.26. The topological polar surface area (TPSA) is 67.9 Å². The van der Waals surface area contributed by atoms with E-state index in [1.54, 1.807) is 12.1 Å². The summed E-state index contributed by atoms with van der Waals surface area (Å²) in [6.45, 7) is 4.73. The molecule has 0 unspecified atom stereocenters. The standard InChI is InChI=1S/C27H28N2O4/c30-26(27(31)28-21-17-19-5-1-2-6-20(19)18-21)24-9-10-25(23-8-4-3-7-22(23)24)33-16-13-29-11-14-32-15-12-29/h1-10,21H,11-18H2,(H,28,31). The lowest BCUT2D eigenvalue weighted by atomic mass is 10.00. The summed E-state index contributed by atoms with van der Waals surface area (Å²) in [5, 5.41) is 4.51. The van der Waals surface area contributed by atoms with Crippen LogP contribution in [0.4, 0.5) is 0 Å². The summed E-state index contributed by atoms with van der Waals surface area (Å²) in [6, 6.07) is 19.2. The van der Waals surface area contributed by atoms with Gasteiger partial charge >= 0.3 is 0 Å². The van der Waals surface area contributed by atoms with Gasteiger partial charge in [0.25, 0.3) is 11.7 Å². The third-order valence-corrected chi connectivity index (χ3v) is 6.49. The van der Waals surface area contributed by atoms with Crippen molar-refractivity contribution in [1.82, 2.24) is 10.2 Å². The number of nitrogens with zero attached hydrogens (tertiary/aromatic N) is 1. The molecule has 1 N–H and O–H groups in total. The van der Waals surface area contributed by atoms with Crippen LogP contribution in [0.2, 0.25) is 0 Å². The number of carbonyl (C=O) groups is 2. The molecule has 5 rings (SSSR count). The zero-order valence-corrected chi connectivity index (χ0v) is 18.6. The number of morpholine rings is 1. The van der Waals surface area contributed by atoms with Crippen LogP contribution in [0.5, 0.6) is 5.75 Å². The smallest absolute Gasteiger partial charge is 0.292 e. The van der Waals surface area contributed by atoms with Gasteiger partial charge in [0.2, 0.25) is 0 Å². The maximum absolute atomic E-state index is 13.1. The molecule has 0 radical (unpaired) electrons. The third-order valence-electron chi connectivity index (χ3n) is 6.49. The van der Waals surface area contributed by atoms with Crippen LogP contribution in [-0.4, -0.2) is 62.1 Å². The predicted molar refractivity (Wildman–Crippen MR) is 127 cm³/mol. The molecular weight excluding hydrogens is 416 g/mol. The zero-order valence-electron chi connectivity index (χ0n) is 18.6. The van der Waals surface area contributed by atoms with E-state index in [9.17, 15) is 9.59 Å². The van der Waals surface area contributed by atoms with Crippen molar-refractivity contribution in [3.63, 3.8) is 0 Å². The molecule has 1 aliphatic carbocycles. The highest BCUT2D eigenvalue weighted by Gasteiger charge is 2.26. The molecule has 3 aromatic rings. The number of fused-ring (bicyclic) bond motifs is 2. The Kier molecular flexibility index (Phi) is 6.37. The first-order valence-corrected chi connectivity index (χ1v) is 11.6. The van der Waals surface area contributed by atoms with Gasteiger partial charge in [-0.2, -0.15) is 0 Å². The van der Waals surface area contributed by atoms with Crippen molar-refractivity contribution < 1.29 is 19.1 Å². The second-order valence-corrected chi connectivity index (χ2v) is 8.64. The molecule has 3 aromatic carbocycles. The first-order chi connectivity index (χ1) is 16.2. The van der Waals surface area contributed by atoms with E-state index in [1.807, 2.05) is 36.4 Å². The molecule has 6 nitrogen and oxygen atoms in total. The number of benzene rings is 3. The molecule has 0 atom stereocenters. The Hall–Kier alpha value is -3.22. The summed E-state index contributed by atoms with van der Waals surface area (Å²) in [5.41, 5.74) is 2.87. The van der Waals surface area contributed by atoms with E-state index < -0.39 is 11.7 Å². The van der Waals surface area contributed by atoms with Crippen molar-refractivity contribution in [3.05, 3.63) is 77.4 Å². The monoisotopic (exact) mass is 444 g/mol. The molecule has 1 aliphatic heterocycles. The maximum Gasteiger partial charge on any atom is 0.292 e. The van der Waals surface area contributed by atoms with Gasteiger partial charge in [0.15, 0.2) is 0 Å². The van der Waals surface area contributed by atoms with Gasteiger partial charge in [0, 0.05) is 36.6 Å². The fraction of sp³-hybridized carbons (Fsp3) is 0.333. The van der Waals surface area contributed by atoms with Crippen LogP contribution in [-0.2, 0) is 22.4 Å². The van der Waals surface area contributed by atoms with Crippen LogP contribution in [0, 0.1) is 0 Å². The molecule has 0 spiro atoms. The van der Waals surface area contributed by atoms with E-state index in [-0.39, 0.29) is 6.04 Å². The molecule has 1 fully saturated rings. The highest BCUT2D eigenvalue weighted by atomic mass is 16.5. The lowest BCUT2D eigenvalue weighted by Gasteiger charge is -2.26. The van der Waals surface area contributed by atoms with Crippen LogP contribution in [0.3, 0.4) is 0 Å². The molecule has 170 valence electrons. The van der Waals surface area contributed by atoms with Crippen molar-refractivity contribution in [2.24, 2.45) is 0 Å². The highest BCUT2D eigenvalue weighted by molar-refractivity contribution is 6.45. The van der Waals surface area contributed by atoms with E-state index in [4.69, 9.17) is 9.47 Å². The molecule has 2 aliphatic rings. The molecule has 0 bridgehead atoms. The zero-order chi connectivity index (χ0) is 22.6. The van der Waals surface area contributed by atoms with E-state index in [0.29, 0.717) is 12.2 Å². The van der Waals surface area contributed by atoms with E-state index >= 15 is 0 Å². The number of hydrogen-bond acceptors (Lipinski definition) is 5. The van der Waals surface area contributed by atoms with Gasteiger partial charge in [-0.3, -0.25) is 14.5 Å². The van der Waals surface area contributed by atoms with Crippen LogP contribution in [0.1, 0.15) is 21.5 Å². The Balaban J connectivity index is 1.27. The van der Waals surface area contributed by atoms with Crippen molar-refractivity contribution in [3.8, 4) is 5.75 Å². The SMILES string of the molecule is O=C(NC1Cc2ccccc2C1)C(=O)c1ccc(OCCN2CCOCC2)c2ccccc12. The van der Waals surface area contributed by atoms with Crippen LogP contribution in [0.15, 0.2) is 60.7 Å². The molecule has 6 heteroatoms. The predicted octanol–water partition coefficient (Wildman–Crippen LogP) is 3.02. The van der Waals surface area contributed by atoms with Gasteiger partial charge < -0.3 is 14.8 Å². The highest BCUT2D eigenvalue weighted by Crippen LogP contribution is 2.29. The lowest BCUT2D eigenvalue weighted by Crippen LogP contribution is -2.39. The number of rotatable bonds is 7. The van der Waals surface area contributed by atoms with E-state index in [0.717, 1.165) is 62.2 Å². The Morgan fingerprint density at radius 2 is 1.58 bits per heavy atom. The van der Waals surface area contributed by atoms with Gasteiger partial charge in [-0.25, -0.2) is 0 Å². The van der Waals surface area contributed by atoms with Crippen LogP contribution < -0.4 is 10.1 Å². The fourth-order valence-electron chi connectivity index (χ4n) is 4.74. The van der Waals surface area contributed by atoms with Crippen molar-refractivity contribution >= 4 is 22.5 Å². The normalized spacial score (nSPS) is 16.5. The maximum atomic E-state index is 13.1. The van der Waals surface area contributed by atoms with Crippen molar-refractivity contribution in [2.45, 2.75) is 18.9 Å². The first-order valence-electron chi connectivity index (χ1n) is 11.6. The van der Waals surface area contributed by atoms with E-state index in [2.05, 4.69) is 22.3 Å². The summed E-state index contributed by atoms with van der Waals surface area (Å²) in [5.74, 6) is -0.344. The first kappa shape index (κ1) is 21.6. The molecule has 33 heavy (non-hydrogen) atoms. The minimum absolute atomic E-state index is 0.0482. The number of hydrogen-bond donors (Lipinski definition) is 1. The molecular formula is C27H28N2O4. The summed E-state index contributed by atoms with van der Waals surface area (Å²) >= 11 is 0. The average molecular weight is 445 g/mol. The van der Waals surface area contributed by atoms with Gasteiger partial charge in [0.05, 0.1) is 13.2 Å². The van der Waals surface area contributed by atoms with Crippen LogP contribution >= 0.6 is 0 Å². The Labute approximate surface area is 193 Å². The fourth-order valence-corrected chi connectivity index (χ4v) is 4.74. The Bertz CT molecular complexity index is 1140. The number of ketones is 1. The lowest BCUT2D eigenvalue weighted by molar-refractivity contribution is -0.117. The molecule has 1 amide bonds. The second kappa shape index (κ2) is 9.73. The second-order valence-electron chi connectivity index (χ2n) is 8.64. The number of carbonyl (C=O) groups excluding carboxylic acids is 2. The van der Waals surface area contributed by atoms with Crippen molar-refractivity contribution in [2.75, 3.05) is 39.5 Å². The quantitative estimate of drug-likeness (QED) is 0.448. The van der Waals surface area contributed by atoms with Gasteiger partial charge in [-0.1, -0.05) is 48.5 Å². The Morgan fingerprint density at radius 3 is 2.30 bits per heavy atom. The third kappa shape index (κ3) is 4.77. The summed E-state index contributed by atoms with van der Waals surface area (Å²) < 4.78 is 11.5. The summed E-state index contributed by atoms with van der Waals surface area (Å²) in [7, 11) is 0. The molecule has 1 saturated heterocycles.